The van der Waals surface area contributed by atoms with E-state index in [1.54, 1.807) is 0 Å². The Morgan fingerprint density at radius 2 is 1.93 bits per heavy atom. The van der Waals surface area contributed by atoms with Crippen LogP contribution >= 0.6 is 0 Å². The molecule has 2 aliphatic rings. The molecule has 1 atom stereocenters. The molecule has 3 heteroatoms. The lowest BCUT2D eigenvalue weighted by Gasteiger charge is -2.27. The highest BCUT2D eigenvalue weighted by molar-refractivity contribution is 4.78. The van der Waals surface area contributed by atoms with Gasteiger partial charge in [-0.15, -0.1) is 0 Å². The van der Waals surface area contributed by atoms with Crippen molar-refractivity contribution in [1.82, 2.24) is 5.32 Å². The summed E-state index contributed by atoms with van der Waals surface area (Å²) < 4.78 is 5.33. The highest BCUT2D eigenvalue weighted by Gasteiger charge is 2.21. The second-order valence-corrected chi connectivity index (χ2v) is 4.64. The minimum absolute atomic E-state index is 0.0390. The van der Waals surface area contributed by atoms with Crippen LogP contribution in [-0.2, 0) is 4.74 Å². The molecule has 0 spiro atoms. The number of nitrogens with one attached hydrogen (secondary N) is 1. The van der Waals surface area contributed by atoms with Gasteiger partial charge < -0.3 is 15.2 Å². The van der Waals surface area contributed by atoms with E-state index in [9.17, 15) is 5.11 Å². The van der Waals surface area contributed by atoms with Crippen LogP contribution in [0.4, 0.5) is 0 Å². The summed E-state index contributed by atoms with van der Waals surface area (Å²) in [5, 5.41) is 13.0. The summed E-state index contributed by atoms with van der Waals surface area (Å²) in [6.07, 6.45) is 5.38. The van der Waals surface area contributed by atoms with Crippen molar-refractivity contribution in [2.75, 3.05) is 19.8 Å². The lowest BCUT2D eigenvalue weighted by Crippen LogP contribution is -2.37. The molecule has 0 aromatic rings. The summed E-state index contributed by atoms with van der Waals surface area (Å²) in [6.45, 7) is 2.97. The van der Waals surface area contributed by atoms with Crippen LogP contribution in [0.2, 0.25) is 0 Å². The van der Waals surface area contributed by atoms with E-state index in [2.05, 4.69) is 5.32 Å². The molecule has 0 aromatic heterocycles. The van der Waals surface area contributed by atoms with Crippen LogP contribution in [0.25, 0.3) is 0 Å². The third-order valence-corrected chi connectivity index (χ3v) is 3.42. The molecule has 2 fully saturated rings. The SMILES string of the molecule is OC1CCC(NCC2CCOC2)CC1. The maximum absolute atomic E-state index is 9.36. The number of rotatable bonds is 3. The van der Waals surface area contributed by atoms with Gasteiger partial charge in [0.2, 0.25) is 0 Å². The van der Waals surface area contributed by atoms with Crippen LogP contribution in [0.3, 0.4) is 0 Å². The minimum atomic E-state index is -0.0390. The fourth-order valence-corrected chi connectivity index (χ4v) is 2.36. The fraction of sp³-hybridized carbons (Fsp3) is 1.00. The summed E-state index contributed by atoms with van der Waals surface area (Å²) in [7, 11) is 0. The molecule has 82 valence electrons. The molecule has 14 heavy (non-hydrogen) atoms. The second-order valence-electron chi connectivity index (χ2n) is 4.64. The molecule has 3 nitrogen and oxygen atoms in total. The first-order valence-corrected chi connectivity index (χ1v) is 5.84. The van der Waals surface area contributed by atoms with Crippen molar-refractivity contribution in [3.63, 3.8) is 0 Å². The number of hydrogen-bond acceptors (Lipinski definition) is 3. The van der Waals surface area contributed by atoms with Crippen molar-refractivity contribution in [3.05, 3.63) is 0 Å². The van der Waals surface area contributed by atoms with Gasteiger partial charge in [0, 0.05) is 19.2 Å². The number of aliphatic hydroxyl groups is 1. The average molecular weight is 199 g/mol. The van der Waals surface area contributed by atoms with Gasteiger partial charge in [-0.05, 0) is 38.0 Å². The monoisotopic (exact) mass is 199 g/mol. The Labute approximate surface area is 85.8 Å². The van der Waals surface area contributed by atoms with E-state index in [4.69, 9.17) is 4.74 Å². The van der Waals surface area contributed by atoms with E-state index in [1.165, 1.54) is 6.42 Å². The first-order chi connectivity index (χ1) is 6.84. The molecule has 1 saturated carbocycles. The first kappa shape index (κ1) is 10.4. The van der Waals surface area contributed by atoms with Gasteiger partial charge >= 0.3 is 0 Å². The standard InChI is InChI=1S/C11H21NO2/c13-11-3-1-10(2-4-11)12-7-9-5-6-14-8-9/h9-13H,1-8H2. The summed E-state index contributed by atoms with van der Waals surface area (Å²) in [6, 6.07) is 0.638. The van der Waals surface area contributed by atoms with Crippen molar-refractivity contribution in [2.24, 2.45) is 5.92 Å². The van der Waals surface area contributed by atoms with E-state index >= 15 is 0 Å². The zero-order valence-corrected chi connectivity index (χ0v) is 8.74. The van der Waals surface area contributed by atoms with Crippen LogP contribution in [0, 0.1) is 5.92 Å². The van der Waals surface area contributed by atoms with Gasteiger partial charge in [-0.2, -0.15) is 0 Å². The van der Waals surface area contributed by atoms with Crippen molar-refractivity contribution < 1.29 is 9.84 Å². The highest BCUT2D eigenvalue weighted by atomic mass is 16.5. The van der Waals surface area contributed by atoms with Gasteiger partial charge in [0.05, 0.1) is 12.7 Å². The highest BCUT2D eigenvalue weighted by Crippen LogP contribution is 2.19. The molecule has 0 radical (unpaired) electrons. The summed E-state index contributed by atoms with van der Waals surface area (Å²) in [5.41, 5.74) is 0. The van der Waals surface area contributed by atoms with Crippen molar-refractivity contribution in [2.45, 2.75) is 44.2 Å². The summed E-state index contributed by atoms with van der Waals surface area (Å²) in [4.78, 5) is 0. The number of hydrogen-bond donors (Lipinski definition) is 2. The lowest BCUT2D eigenvalue weighted by molar-refractivity contribution is 0.115. The van der Waals surface area contributed by atoms with Crippen LogP contribution in [0.1, 0.15) is 32.1 Å². The average Bonchev–Trinajstić information content (AvgIpc) is 2.70. The maximum Gasteiger partial charge on any atom is 0.0541 e. The van der Waals surface area contributed by atoms with Gasteiger partial charge in [-0.25, -0.2) is 0 Å². The predicted molar refractivity (Wildman–Crippen MR) is 55.2 cm³/mol. The van der Waals surface area contributed by atoms with E-state index in [0.717, 1.165) is 51.4 Å². The van der Waals surface area contributed by atoms with Crippen LogP contribution in [0.5, 0.6) is 0 Å². The van der Waals surface area contributed by atoms with Crippen molar-refractivity contribution >= 4 is 0 Å². The topological polar surface area (TPSA) is 41.5 Å². The van der Waals surface area contributed by atoms with Gasteiger partial charge in [-0.1, -0.05) is 0 Å². The molecular weight excluding hydrogens is 178 g/mol. The lowest BCUT2D eigenvalue weighted by atomic mass is 9.93. The van der Waals surface area contributed by atoms with Crippen molar-refractivity contribution in [1.29, 1.82) is 0 Å². The summed E-state index contributed by atoms with van der Waals surface area (Å²) >= 11 is 0. The van der Waals surface area contributed by atoms with Gasteiger partial charge in [0.1, 0.15) is 0 Å². The molecule has 1 aliphatic carbocycles. The van der Waals surface area contributed by atoms with E-state index in [1.807, 2.05) is 0 Å². The molecular formula is C11H21NO2. The Kier molecular flexibility index (Phi) is 3.79. The molecule has 1 saturated heterocycles. The first-order valence-electron chi connectivity index (χ1n) is 5.84. The third kappa shape index (κ3) is 2.94. The minimum Gasteiger partial charge on any atom is -0.393 e. The van der Waals surface area contributed by atoms with Crippen LogP contribution in [-0.4, -0.2) is 37.0 Å². The maximum atomic E-state index is 9.36. The van der Waals surface area contributed by atoms with E-state index in [-0.39, 0.29) is 6.10 Å². The van der Waals surface area contributed by atoms with Crippen molar-refractivity contribution in [3.8, 4) is 0 Å². The van der Waals surface area contributed by atoms with Gasteiger partial charge in [-0.3, -0.25) is 0 Å². The summed E-state index contributed by atoms with van der Waals surface area (Å²) in [5.74, 6) is 0.724. The molecule has 2 rings (SSSR count). The van der Waals surface area contributed by atoms with Crippen LogP contribution in [0.15, 0.2) is 0 Å². The normalized spacial score (nSPS) is 38.8. The molecule has 0 amide bonds. The Morgan fingerprint density at radius 3 is 2.57 bits per heavy atom. The molecule has 2 N–H and O–H groups in total. The molecule has 1 aliphatic heterocycles. The van der Waals surface area contributed by atoms with Gasteiger partial charge in [0.25, 0.3) is 0 Å². The largest absolute Gasteiger partial charge is 0.393 e. The molecule has 1 unspecified atom stereocenters. The molecule has 0 aromatic carbocycles. The van der Waals surface area contributed by atoms with Gasteiger partial charge in [0.15, 0.2) is 0 Å². The molecule has 0 bridgehead atoms. The zero-order valence-electron chi connectivity index (χ0n) is 8.74. The Morgan fingerprint density at radius 1 is 1.14 bits per heavy atom. The zero-order chi connectivity index (χ0) is 9.80. The second kappa shape index (κ2) is 5.10. The predicted octanol–water partition coefficient (Wildman–Crippen LogP) is 0.916. The Hall–Kier alpha value is -0.120. The third-order valence-electron chi connectivity index (χ3n) is 3.42. The smallest absolute Gasteiger partial charge is 0.0541 e. The number of aliphatic hydroxyl groups excluding tert-OH is 1. The van der Waals surface area contributed by atoms with E-state index < -0.39 is 0 Å². The number of ether oxygens (including phenoxy) is 1. The quantitative estimate of drug-likeness (QED) is 0.710. The fourth-order valence-electron chi connectivity index (χ4n) is 2.36. The Bertz CT molecular complexity index is 161. The van der Waals surface area contributed by atoms with Crippen LogP contribution < -0.4 is 5.32 Å². The van der Waals surface area contributed by atoms with E-state index in [0.29, 0.717) is 6.04 Å². The molecule has 1 heterocycles. The Balaban J connectivity index is 1.60.